The van der Waals surface area contributed by atoms with Crippen LogP contribution in [0.1, 0.15) is 101 Å². The highest BCUT2D eigenvalue weighted by Gasteiger charge is 2.44. The summed E-state index contributed by atoms with van der Waals surface area (Å²) in [6, 6.07) is 22.6. The molecule has 1 aliphatic carbocycles. The number of aromatic hydroxyl groups is 1. The van der Waals surface area contributed by atoms with Crippen LogP contribution in [0.5, 0.6) is 11.6 Å². The molecule has 19 heteroatoms. The Morgan fingerprint density at radius 1 is 0.867 bits per heavy atom. The van der Waals surface area contributed by atoms with E-state index >= 15 is 0 Å². The highest BCUT2D eigenvalue weighted by molar-refractivity contribution is 7.13. The minimum Gasteiger partial charge on any atom is -0.507 e. The van der Waals surface area contributed by atoms with E-state index in [9.17, 15) is 19.8 Å². The number of benzene rings is 2. The third-order valence-corrected chi connectivity index (χ3v) is 17.0. The number of piperidine rings is 1. The molecule has 2 bridgehead atoms. The largest absolute Gasteiger partial charge is 0.507 e. The number of para-hydroxylation sites is 1. The summed E-state index contributed by atoms with van der Waals surface area (Å²) in [7, 11) is 0. The van der Waals surface area contributed by atoms with E-state index in [2.05, 4.69) is 57.5 Å². The van der Waals surface area contributed by atoms with Gasteiger partial charge in [0.2, 0.25) is 17.7 Å². The number of hydrogen-bond acceptors (Lipinski definition) is 17. The second-order valence-corrected chi connectivity index (χ2v) is 22.2. The van der Waals surface area contributed by atoms with Crippen LogP contribution >= 0.6 is 11.3 Å². The first-order valence-electron chi connectivity index (χ1n) is 26.6. The first-order valence-corrected chi connectivity index (χ1v) is 27.4. The van der Waals surface area contributed by atoms with Gasteiger partial charge in [0.1, 0.15) is 23.8 Å². The number of phenols is 1. The van der Waals surface area contributed by atoms with Crippen LogP contribution in [-0.2, 0) is 14.3 Å². The van der Waals surface area contributed by atoms with Crippen molar-refractivity contribution in [3.63, 3.8) is 0 Å². The van der Waals surface area contributed by atoms with E-state index in [1.165, 1.54) is 4.90 Å². The highest BCUT2D eigenvalue weighted by Crippen LogP contribution is 2.40. The molecule has 1 saturated carbocycles. The van der Waals surface area contributed by atoms with Gasteiger partial charge >= 0.3 is 0 Å². The molecule has 5 saturated heterocycles. The zero-order chi connectivity index (χ0) is 51.9. The molecular weight excluding hydrogens is 971 g/mol. The Kier molecular flexibility index (Phi) is 14.4. The van der Waals surface area contributed by atoms with Crippen LogP contribution in [0.2, 0.25) is 0 Å². The number of phenolic OH excluding ortho intramolecular Hbond substituents is 1. The Hall–Kier alpha value is -6.83. The normalized spacial score (nSPS) is 23.8. The van der Waals surface area contributed by atoms with E-state index in [1.54, 1.807) is 23.5 Å². The lowest BCUT2D eigenvalue weighted by Crippen LogP contribution is -2.57. The number of thiazole rings is 1. The number of rotatable bonds is 15. The van der Waals surface area contributed by atoms with Crippen LogP contribution in [0, 0.1) is 12.8 Å². The Morgan fingerprint density at radius 3 is 2.37 bits per heavy atom. The van der Waals surface area contributed by atoms with Crippen LogP contribution in [0.25, 0.3) is 21.7 Å². The first-order chi connectivity index (χ1) is 36.3. The van der Waals surface area contributed by atoms with E-state index in [0.717, 1.165) is 104 Å². The summed E-state index contributed by atoms with van der Waals surface area (Å²) in [5, 5.41) is 37.5. The Morgan fingerprint density at radius 2 is 1.63 bits per heavy atom. The van der Waals surface area contributed by atoms with Crippen molar-refractivity contribution in [3.05, 3.63) is 102 Å². The van der Waals surface area contributed by atoms with Gasteiger partial charge < -0.3 is 54.9 Å². The van der Waals surface area contributed by atoms with E-state index < -0.39 is 18.1 Å². The molecule has 0 spiro atoms. The monoisotopic (exact) mass is 1040 g/mol. The molecule has 5 N–H and O–H groups in total. The lowest BCUT2D eigenvalue weighted by atomic mass is 9.91. The third-order valence-electron chi connectivity index (χ3n) is 16.0. The van der Waals surface area contributed by atoms with Gasteiger partial charge in [-0.3, -0.25) is 9.59 Å². The number of nitrogens with one attached hydrogen (secondary N) is 1. The van der Waals surface area contributed by atoms with Crippen molar-refractivity contribution in [2.75, 3.05) is 53.2 Å². The zero-order valence-electron chi connectivity index (χ0n) is 43.0. The number of nitrogens with zero attached hydrogens (tertiary/aromatic N) is 9. The SMILES string of the molecule is Cc1ncsc1-c1ccc([C@H](C)NC(=O)[C@@H]2C[C@@H](O)CN2C(=O)C(c2cc(N3CCC(O[C@H]4C[C@H](Oc5cc(N6CC7CCC[C@H]6CN7c6cc(-c7ccccc7O)nnc6N)ccn5)C4)CC3)no2)C(C)C)cc1. The molecule has 4 aromatic heterocycles. The van der Waals surface area contributed by atoms with Crippen LogP contribution < -0.4 is 30.5 Å². The average molecular weight is 1040 g/mol. The zero-order valence-corrected chi connectivity index (χ0v) is 43.8. The third kappa shape index (κ3) is 10.6. The molecule has 394 valence electrons. The molecule has 18 nitrogen and oxygen atoms in total. The van der Waals surface area contributed by atoms with E-state index in [0.29, 0.717) is 34.5 Å². The van der Waals surface area contributed by atoms with Gasteiger partial charge in [0.25, 0.3) is 0 Å². The number of carbonyl (C=O) groups excluding carboxylic acids is 2. The number of aliphatic hydroxyl groups is 1. The number of nitrogens with two attached hydrogens (primary N) is 1. The lowest BCUT2D eigenvalue weighted by Gasteiger charge is -2.46. The van der Waals surface area contributed by atoms with Gasteiger partial charge in [0, 0.05) is 93.7 Å². The molecule has 2 amide bonds. The minimum absolute atomic E-state index is 0.0270. The Labute approximate surface area is 441 Å². The average Bonchev–Trinajstić information content (AvgIpc) is 4.09. The van der Waals surface area contributed by atoms with Gasteiger partial charge in [-0.25, -0.2) is 9.97 Å². The number of piperazine rings is 1. The molecule has 2 unspecified atom stereocenters. The van der Waals surface area contributed by atoms with Gasteiger partial charge in [-0.2, -0.15) is 0 Å². The maximum absolute atomic E-state index is 14.4. The van der Waals surface area contributed by atoms with E-state index in [-0.39, 0.29) is 72.9 Å². The second kappa shape index (κ2) is 21.4. The first kappa shape index (κ1) is 50.3. The van der Waals surface area contributed by atoms with Crippen molar-refractivity contribution in [3.8, 4) is 33.3 Å². The number of ether oxygens (including phenoxy) is 2. The fraction of sp³-hybridized carbons (Fsp3) is 0.482. The topological polar surface area (TPSA) is 222 Å². The summed E-state index contributed by atoms with van der Waals surface area (Å²) in [6.45, 7) is 11.0. The van der Waals surface area contributed by atoms with Crippen molar-refractivity contribution < 1.29 is 33.8 Å². The lowest BCUT2D eigenvalue weighted by molar-refractivity contribution is -0.141. The Balaban J connectivity index is 0.646. The van der Waals surface area contributed by atoms with Crippen molar-refractivity contribution in [2.45, 2.75) is 134 Å². The number of amides is 2. The van der Waals surface area contributed by atoms with Crippen molar-refractivity contribution in [1.82, 2.24) is 35.5 Å². The highest BCUT2D eigenvalue weighted by atomic mass is 32.1. The standard InChI is InChI=1S/C56H67N11O7S/c1-32(2)52(56(71)67-30-40(68)23-47(67)55(70)60-33(3)35-12-14-36(15-13-35)53-34(4)59-31-75-53)49-27-50(63-74-49)64-20-17-41(18-21-64)72-42-24-43(25-42)73-51-22-37(16-19-58-51)65-28-39-9-7-8-38(65)29-66(39)46-26-45(61-62-54(46)57)44-10-5-6-11-48(44)69/h5-6,10-16,19,22,26-27,31-33,38-43,47,52,68-69H,7-9,17-18,20-21,23-25,28-30H2,1-4H3,(H2,57,62)(H,60,70)/t33-,38-,39?,40+,42-,43-,47-,52?/m0/s1. The number of anilines is 4. The van der Waals surface area contributed by atoms with Gasteiger partial charge in [-0.15, -0.1) is 21.5 Å². The molecule has 75 heavy (non-hydrogen) atoms. The number of pyridine rings is 1. The number of carbonyl (C=O) groups is 2. The summed E-state index contributed by atoms with van der Waals surface area (Å²) in [5.74, 6) is 0.903. The quantitative estimate of drug-likeness (QED) is 0.0775. The summed E-state index contributed by atoms with van der Waals surface area (Å²) in [6.07, 6.45) is 7.88. The number of aliphatic hydroxyl groups excluding tert-OH is 1. The maximum atomic E-state index is 14.4. The molecule has 6 aliphatic rings. The van der Waals surface area contributed by atoms with Crippen molar-refractivity contribution >= 4 is 46.2 Å². The van der Waals surface area contributed by atoms with Gasteiger partial charge in [0.05, 0.1) is 51.8 Å². The Bertz CT molecular complexity index is 2970. The van der Waals surface area contributed by atoms with Crippen molar-refractivity contribution in [2.24, 2.45) is 5.92 Å². The fourth-order valence-electron chi connectivity index (χ4n) is 11.8. The fourth-order valence-corrected chi connectivity index (χ4v) is 12.6. The van der Waals surface area contributed by atoms with E-state index in [4.69, 9.17) is 19.7 Å². The number of fused-ring (bicyclic) bond motifs is 4. The van der Waals surface area contributed by atoms with E-state index in [1.807, 2.05) is 87.9 Å². The molecule has 2 aromatic carbocycles. The molecule has 12 rings (SSSR count). The number of β-amino-alcohol motifs (C(OH)–C–C–N with tert-alkyl or cyclic N) is 1. The van der Waals surface area contributed by atoms with Crippen LogP contribution in [0.4, 0.5) is 23.0 Å². The second-order valence-electron chi connectivity index (χ2n) is 21.4. The minimum atomic E-state index is -0.817. The molecule has 6 atom stereocenters. The van der Waals surface area contributed by atoms with Gasteiger partial charge in [-0.05, 0) is 87.3 Å². The molecule has 0 radical (unpaired) electrons. The molecule has 6 aromatic rings. The molecule has 6 fully saturated rings. The molecular formula is C56H67N11O7S. The summed E-state index contributed by atoms with van der Waals surface area (Å²) >= 11 is 1.59. The number of aromatic nitrogens is 5. The summed E-state index contributed by atoms with van der Waals surface area (Å²) in [5.41, 5.74) is 14.5. The van der Waals surface area contributed by atoms with Crippen LogP contribution in [-0.4, -0.2) is 128 Å². The summed E-state index contributed by atoms with van der Waals surface area (Å²) in [4.78, 5) is 46.9. The molecule has 9 heterocycles. The smallest absolute Gasteiger partial charge is 0.243 e. The van der Waals surface area contributed by atoms with Gasteiger partial charge in [0.15, 0.2) is 17.4 Å². The number of nitrogen functional groups attached to an aromatic ring is 1. The maximum Gasteiger partial charge on any atom is 0.243 e. The predicted octanol–water partition coefficient (Wildman–Crippen LogP) is 7.67. The van der Waals surface area contributed by atoms with Crippen LogP contribution in [0.15, 0.2) is 89.0 Å². The van der Waals surface area contributed by atoms with Crippen molar-refractivity contribution in [1.29, 1.82) is 0 Å². The summed E-state index contributed by atoms with van der Waals surface area (Å²) < 4.78 is 19.0. The number of hydrogen-bond donors (Lipinski definition) is 4. The number of aryl methyl sites for hydroxylation is 1. The van der Waals surface area contributed by atoms with Crippen LogP contribution in [0.3, 0.4) is 0 Å². The number of likely N-dealkylation sites (tertiary alicyclic amines) is 1. The van der Waals surface area contributed by atoms with Gasteiger partial charge in [-0.1, -0.05) is 55.4 Å². The predicted molar refractivity (Wildman–Crippen MR) is 287 cm³/mol. The molecule has 5 aliphatic heterocycles.